The van der Waals surface area contributed by atoms with Crippen molar-refractivity contribution in [2.75, 3.05) is 39.1 Å². The summed E-state index contributed by atoms with van der Waals surface area (Å²) in [4.78, 5) is 41.4. The van der Waals surface area contributed by atoms with Crippen LogP contribution in [0, 0.1) is 0 Å². The zero-order valence-corrected chi connectivity index (χ0v) is 18.7. The van der Waals surface area contributed by atoms with E-state index in [4.69, 9.17) is 26.8 Å². The summed E-state index contributed by atoms with van der Waals surface area (Å²) in [5, 5.41) is 1.09. The number of piperazine rings is 1. The zero-order chi connectivity index (χ0) is 23.4. The summed E-state index contributed by atoms with van der Waals surface area (Å²) in [6.07, 6.45) is 2.85. The quantitative estimate of drug-likeness (QED) is 0.515. The van der Waals surface area contributed by atoms with Crippen LogP contribution in [0.25, 0.3) is 10.9 Å². The Labute approximate surface area is 195 Å². The van der Waals surface area contributed by atoms with Gasteiger partial charge in [-0.3, -0.25) is 9.59 Å². The van der Waals surface area contributed by atoms with Crippen LogP contribution in [0.1, 0.15) is 5.56 Å². The van der Waals surface area contributed by atoms with E-state index in [2.05, 4.69) is 15.0 Å². The number of methoxy groups -OCH3 is 1. The Bertz CT molecular complexity index is 1160. The molecule has 2 amide bonds. The van der Waals surface area contributed by atoms with Crippen LogP contribution < -0.4 is 10.5 Å². The third-order valence-electron chi connectivity index (χ3n) is 5.40. The molecule has 1 fully saturated rings. The number of ether oxygens (including phenoxy) is 2. The summed E-state index contributed by atoms with van der Waals surface area (Å²) >= 11 is 5.76. The largest absolute Gasteiger partial charge is 0.482 e. The molecule has 11 heteroatoms. The molecule has 1 aliphatic heterocycles. The number of rotatable bonds is 7. The van der Waals surface area contributed by atoms with Crippen LogP contribution in [-0.2, 0) is 20.9 Å². The Morgan fingerprint density at radius 3 is 2.82 bits per heavy atom. The first-order valence-electron chi connectivity index (χ1n) is 10.3. The number of halogens is 1. The van der Waals surface area contributed by atoms with Gasteiger partial charge in [0.25, 0.3) is 5.91 Å². The Kier molecular flexibility index (Phi) is 6.85. The van der Waals surface area contributed by atoms with E-state index >= 15 is 0 Å². The van der Waals surface area contributed by atoms with Crippen LogP contribution in [-0.4, -0.2) is 76.0 Å². The van der Waals surface area contributed by atoms with E-state index in [1.165, 1.54) is 24.5 Å². The highest BCUT2D eigenvalue weighted by Gasteiger charge is 2.37. The second kappa shape index (κ2) is 9.97. The molecule has 33 heavy (non-hydrogen) atoms. The van der Waals surface area contributed by atoms with Crippen LogP contribution in [0.2, 0.25) is 5.15 Å². The number of nitrogens with two attached hydrogens (primary N) is 1. The smallest absolute Gasteiger partial charge is 0.261 e. The van der Waals surface area contributed by atoms with E-state index in [9.17, 15) is 9.59 Å². The lowest BCUT2D eigenvalue weighted by Gasteiger charge is -2.40. The summed E-state index contributed by atoms with van der Waals surface area (Å²) in [5.41, 5.74) is 7.51. The van der Waals surface area contributed by atoms with Crippen molar-refractivity contribution >= 4 is 40.1 Å². The van der Waals surface area contributed by atoms with Crippen molar-refractivity contribution in [2.24, 2.45) is 0 Å². The minimum absolute atomic E-state index is 0.0883. The van der Waals surface area contributed by atoms with Crippen LogP contribution >= 0.6 is 11.6 Å². The minimum atomic E-state index is -0.735. The number of pyridine rings is 1. The molecule has 1 aromatic carbocycles. The van der Waals surface area contributed by atoms with Gasteiger partial charge in [0.05, 0.1) is 18.3 Å². The molecular weight excluding hydrogens is 448 g/mol. The van der Waals surface area contributed by atoms with Crippen molar-refractivity contribution in [1.29, 1.82) is 0 Å². The highest BCUT2D eigenvalue weighted by molar-refractivity contribution is 6.29. The molecule has 1 saturated heterocycles. The molecule has 3 heterocycles. The number of amides is 2. The fourth-order valence-electron chi connectivity index (χ4n) is 3.73. The molecule has 0 bridgehead atoms. The molecule has 10 nitrogen and oxygen atoms in total. The molecule has 3 aromatic rings. The summed E-state index contributed by atoms with van der Waals surface area (Å²) in [6, 6.07) is 8.09. The second-order valence-electron chi connectivity index (χ2n) is 7.53. The third-order valence-corrected chi connectivity index (χ3v) is 5.62. The minimum Gasteiger partial charge on any atom is -0.482 e. The van der Waals surface area contributed by atoms with Crippen molar-refractivity contribution in [3.05, 3.63) is 53.6 Å². The molecule has 172 valence electrons. The summed E-state index contributed by atoms with van der Waals surface area (Å²) in [7, 11) is 1.50. The maximum absolute atomic E-state index is 13.2. The number of carbonyl (C=O) groups excluding carboxylic acids is 2. The van der Waals surface area contributed by atoms with Gasteiger partial charge in [0.2, 0.25) is 5.91 Å². The van der Waals surface area contributed by atoms with Gasteiger partial charge in [0, 0.05) is 32.1 Å². The molecule has 1 aliphatic rings. The first-order chi connectivity index (χ1) is 16.0. The maximum Gasteiger partial charge on any atom is 0.261 e. The van der Waals surface area contributed by atoms with E-state index in [-0.39, 0.29) is 25.0 Å². The van der Waals surface area contributed by atoms with Crippen LogP contribution in [0.5, 0.6) is 5.75 Å². The fraction of sp³-hybridized carbons (Fsp3) is 0.318. The number of carbonyl (C=O) groups is 2. The summed E-state index contributed by atoms with van der Waals surface area (Å²) in [6.45, 7) is 1.00. The van der Waals surface area contributed by atoms with Gasteiger partial charge in [-0.25, -0.2) is 15.0 Å². The molecule has 4 rings (SSSR count). The van der Waals surface area contributed by atoms with Gasteiger partial charge in [0.15, 0.2) is 6.61 Å². The van der Waals surface area contributed by atoms with E-state index < -0.39 is 6.04 Å². The lowest BCUT2D eigenvalue weighted by Crippen LogP contribution is -2.60. The normalized spacial score (nSPS) is 16.3. The van der Waals surface area contributed by atoms with Crippen LogP contribution in [0.3, 0.4) is 0 Å². The molecule has 0 spiro atoms. The number of aromatic nitrogens is 3. The first kappa shape index (κ1) is 22.7. The van der Waals surface area contributed by atoms with Gasteiger partial charge in [-0.15, -0.1) is 0 Å². The Hall–Kier alpha value is -3.50. The number of nitrogen functional groups attached to an aromatic ring is 1. The molecule has 1 atom stereocenters. The summed E-state index contributed by atoms with van der Waals surface area (Å²) in [5.74, 6) is 0.332. The predicted molar refractivity (Wildman–Crippen MR) is 121 cm³/mol. The van der Waals surface area contributed by atoms with Gasteiger partial charge in [0.1, 0.15) is 29.1 Å². The van der Waals surface area contributed by atoms with Gasteiger partial charge in [-0.1, -0.05) is 17.7 Å². The zero-order valence-electron chi connectivity index (χ0n) is 18.0. The Morgan fingerprint density at radius 2 is 2.06 bits per heavy atom. The number of hydrogen-bond donors (Lipinski definition) is 1. The van der Waals surface area contributed by atoms with E-state index in [1.807, 2.05) is 18.2 Å². The molecule has 1 unspecified atom stereocenters. The highest BCUT2D eigenvalue weighted by Crippen LogP contribution is 2.21. The van der Waals surface area contributed by atoms with Crippen molar-refractivity contribution in [2.45, 2.75) is 12.6 Å². The van der Waals surface area contributed by atoms with Gasteiger partial charge in [-0.2, -0.15) is 0 Å². The topological polar surface area (TPSA) is 124 Å². The van der Waals surface area contributed by atoms with Gasteiger partial charge >= 0.3 is 0 Å². The predicted octanol–water partition coefficient (Wildman–Crippen LogP) is 1.53. The lowest BCUT2D eigenvalue weighted by atomic mass is 10.1. The van der Waals surface area contributed by atoms with E-state index in [0.29, 0.717) is 41.9 Å². The second-order valence-corrected chi connectivity index (χ2v) is 7.92. The number of fused-ring (bicyclic) bond motifs is 1. The maximum atomic E-state index is 13.2. The number of anilines is 1. The number of hydrogen-bond acceptors (Lipinski definition) is 8. The van der Waals surface area contributed by atoms with E-state index in [0.717, 1.165) is 10.9 Å². The van der Waals surface area contributed by atoms with Gasteiger partial charge in [-0.05, 0) is 29.8 Å². The van der Waals surface area contributed by atoms with Crippen LogP contribution in [0.15, 0.2) is 42.9 Å². The van der Waals surface area contributed by atoms with Crippen molar-refractivity contribution in [3.8, 4) is 5.75 Å². The standard InChI is InChI=1S/C22H23ClN6O4/c1-32-11-18-22(31)28(10-14-2-4-16-17(8-14)26-13-27-21(16)24)6-7-29(18)20(30)12-33-15-3-5-19(23)25-9-15/h2-5,8-9,13,18H,6-7,10-12H2,1H3,(H2,24,26,27). The monoisotopic (exact) mass is 470 g/mol. The average molecular weight is 471 g/mol. The Balaban J connectivity index is 1.43. The van der Waals surface area contributed by atoms with Crippen molar-refractivity contribution in [3.63, 3.8) is 0 Å². The number of nitrogens with zero attached hydrogens (tertiary/aromatic N) is 5. The van der Waals surface area contributed by atoms with Crippen molar-refractivity contribution in [1.82, 2.24) is 24.8 Å². The highest BCUT2D eigenvalue weighted by atomic mass is 35.5. The fourth-order valence-corrected chi connectivity index (χ4v) is 3.84. The van der Waals surface area contributed by atoms with Crippen LogP contribution in [0.4, 0.5) is 5.82 Å². The molecular formula is C22H23ClN6O4. The molecule has 2 N–H and O–H groups in total. The first-order valence-corrected chi connectivity index (χ1v) is 10.6. The Morgan fingerprint density at radius 1 is 1.21 bits per heavy atom. The molecule has 2 aromatic heterocycles. The number of benzene rings is 1. The van der Waals surface area contributed by atoms with Crippen molar-refractivity contribution < 1.29 is 19.1 Å². The lowest BCUT2D eigenvalue weighted by molar-refractivity contribution is -0.155. The van der Waals surface area contributed by atoms with E-state index in [1.54, 1.807) is 17.0 Å². The average Bonchev–Trinajstić information content (AvgIpc) is 2.81. The third kappa shape index (κ3) is 5.12. The summed E-state index contributed by atoms with van der Waals surface area (Å²) < 4.78 is 10.8. The molecule has 0 aliphatic carbocycles. The molecule has 0 radical (unpaired) electrons. The molecule has 0 saturated carbocycles. The van der Waals surface area contributed by atoms with Gasteiger partial charge < -0.3 is 25.0 Å². The SMILES string of the molecule is COCC1C(=O)N(Cc2ccc3c(N)ncnc3c2)CCN1C(=O)COc1ccc(Cl)nc1.